The number of aryl methyl sites for hydroxylation is 2. The molecule has 0 aliphatic heterocycles. The molecule has 0 saturated heterocycles. The molecular formula is C11H11FN2. The van der Waals surface area contributed by atoms with Gasteiger partial charge in [0.25, 0.3) is 0 Å². The van der Waals surface area contributed by atoms with Gasteiger partial charge in [-0.25, -0.2) is 4.39 Å². The van der Waals surface area contributed by atoms with E-state index in [9.17, 15) is 4.39 Å². The Morgan fingerprint density at radius 3 is 2.71 bits per heavy atom. The summed E-state index contributed by atoms with van der Waals surface area (Å²) in [5, 5.41) is 4.01. The van der Waals surface area contributed by atoms with E-state index in [1.165, 1.54) is 6.07 Å². The minimum atomic E-state index is -0.209. The number of hydrogen-bond acceptors (Lipinski definition) is 1. The van der Waals surface area contributed by atoms with Gasteiger partial charge < -0.3 is 0 Å². The molecule has 0 radical (unpaired) electrons. The van der Waals surface area contributed by atoms with Gasteiger partial charge >= 0.3 is 0 Å². The Morgan fingerprint density at radius 1 is 1.29 bits per heavy atom. The van der Waals surface area contributed by atoms with Crippen molar-refractivity contribution in [2.45, 2.75) is 6.92 Å². The highest BCUT2D eigenvalue weighted by molar-refractivity contribution is 5.60. The summed E-state index contributed by atoms with van der Waals surface area (Å²) in [4.78, 5) is 0. The molecular weight excluding hydrogens is 179 g/mol. The van der Waals surface area contributed by atoms with E-state index in [2.05, 4.69) is 5.10 Å². The van der Waals surface area contributed by atoms with E-state index in [1.807, 2.05) is 13.0 Å². The lowest BCUT2D eigenvalue weighted by Crippen LogP contribution is -1.95. The van der Waals surface area contributed by atoms with Crippen LogP contribution in [0.4, 0.5) is 4.39 Å². The molecule has 0 atom stereocenters. The second-order valence-corrected chi connectivity index (χ2v) is 3.32. The third-order valence-electron chi connectivity index (χ3n) is 2.22. The van der Waals surface area contributed by atoms with E-state index in [0.29, 0.717) is 5.56 Å². The van der Waals surface area contributed by atoms with Crippen molar-refractivity contribution in [3.8, 4) is 11.3 Å². The minimum absolute atomic E-state index is 0.209. The van der Waals surface area contributed by atoms with Crippen LogP contribution in [0.2, 0.25) is 0 Å². The molecule has 0 aliphatic carbocycles. The van der Waals surface area contributed by atoms with Crippen LogP contribution in [0.25, 0.3) is 11.3 Å². The Morgan fingerprint density at radius 2 is 2.07 bits per heavy atom. The Kier molecular flexibility index (Phi) is 2.08. The largest absolute Gasteiger partial charge is 0.268 e. The van der Waals surface area contributed by atoms with Gasteiger partial charge in [-0.3, -0.25) is 4.68 Å². The second kappa shape index (κ2) is 3.25. The van der Waals surface area contributed by atoms with Gasteiger partial charge in [-0.2, -0.15) is 5.10 Å². The maximum absolute atomic E-state index is 13.5. The summed E-state index contributed by atoms with van der Waals surface area (Å²) in [6.45, 7) is 1.94. The zero-order valence-electron chi connectivity index (χ0n) is 8.16. The van der Waals surface area contributed by atoms with Crippen LogP contribution in [0.15, 0.2) is 30.5 Å². The molecule has 72 valence electrons. The molecule has 2 nitrogen and oxygen atoms in total. The molecule has 1 heterocycles. The first-order chi connectivity index (χ1) is 6.68. The van der Waals surface area contributed by atoms with Gasteiger partial charge in [0.1, 0.15) is 5.82 Å². The van der Waals surface area contributed by atoms with Crippen molar-refractivity contribution >= 4 is 0 Å². The van der Waals surface area contributed by atoms with Crippen molar-refractivity contribution in [3.05, 3.63) is 41.8 Å². The molecule has 0 bridgehead atoms. The third-order valence-corrected chi connectivity index (χ3v) is 2.22. The van der Waals surface area contributed by atoms with Gasteiger partial charge in [-0.05, 0) is 25.1 Å². The van der Waals surface area contributed by atoms with Crippen molar-refractivity contribution in [1.82, 2.24) is 9.78 Å². The third kappa shape index (κ3) is 1.41. The topological polar surface area (TPSA) is 17.8 Å². The highest BCUT2D eigenvalue weighted by Crippen LogP contribution is 2.22. The normalized spacial score (nSPS) is 10.5. The van der Waals surface area contributed by atoms with Gasteiger partial charge in [0.2, 0.25) is 0 Å². The second-order valence-electron chi connectivity index (χ2n) is 3.32. The average molecular weight is 190 g/mol. The predicted molar refractivity (Wildman–Crippen MR) is 53.3 cm³/mol. The fourth-order valence-electron chi connectivity index (χ4n) is 1.47. The van der Waals surface area contributed by atoms with Crippen LogP contribution in [-0.4, -0.2) is 9.78 Å². The molecule has 2 rings (SSSR count). The first kappa shape index (κ1) is 8.94. The maximum atomic E-state index is 13.5. The average Bonchev–Trinajstić information content (AvgIpc) is 2.56. The monoisotopic (exact) mass is 190 g/mol. The molecule has 1 aromatic heterocycles. The van der Waals surface area contributed by atoms with Gasteiger partial charge in [-0.15, -0.1) is 0 Å². The first-order valence-corrected chi connectivity index (χ1v) is 4.43. The molecule has 14 heavy (non-hydrogen) atoms. The van der Waals surface area contributed by atoms with Gasteiger partial charge in [-0.1, -0.05) is 11.6 Å². The van der Waals surface area contributed by atoms with Crippen LogP contribution in [0.1, 0.15) is 5.56 Å². The van der Waals surface area contributed by atoms with E-state index in [4.69, 9.17) is 0 Å². The number of aromatic nitrogens is 2. The van der Waals surface area contributed by atoms with Crippen molar-refractivity contribution < 1.29 is 4.39 Å². The number of halogens is 1. The SMILES string of the molecule is Cc1ccc(F)c(-c2ccnn2C)c1. The fraction of sp³-hybridized carbons (Fsp3) is 0.182. The standard InChI is InChI=1S/C11H11FN2/c1-8-3-4-10(12)9(7-8)11-5-6-13-14(11)2/h3-7H,1-2H3. The summed E-state index contributed by atoms with van der Waals surface area (Å²) < 4.78 is 15.1. The van der Waals surface area contributed by atoms with Crippen molar-refractivity contribution in [2.75, 3.05) is 0 Å². The van der Waals surface area contributed by atoms with Crippen LogP contribution in [0, 0.1) is 12.7 Å². The van der Waals surface area contributed by atoms with Gasteiger partial charge in [0, 0.05) is 18.8 Å². The van der Waals surface area contributed by atoms with Gasteiger partial charge in [0.15, 0.2) is 0 Å². The molecule has 0 unspecified atom stereocenters. The van der Waals surface area contributed by atoms with E-state index >= 15 is 0 Å². The van der Waals surface area contributed by atoms with Crippen LogP contribution >= 0.6 is 0 Å². The molecule has 2 aromatic rings. The summed E-state index contributed by atoms with van der Waals surface area (Å²) in [7, 11) is 1.80. The predicted octanol–water partition coefficient (Wildman–Crippen LogP) is 2.53. The molecule has 0 amide bonds. The zero-order valence-corrected chi connectivity index (χ0v) is 8.16. The Labute approximate surface area is 82.0 Å². The quantitative estimate of drug-likeness (QED) is 0.675. The molecule has 0 spiro atoms. The number of nitrogens with zero attached hydrogens (tertiary/aromatic N) is 2. The molecule has 0 fully saturated rings. The Hall–Kier alpha value is -1.64. The number of hydrogen-bond donors (Lipinski definition) is 0. The van der Waals surface area contributed by atoms with E-state index < -0.39 is 0 Å². The Balaban J connectivity index is 2.62. The van der Waals surface area contributed by atoms with E-state index in [0.717, 1.165) is 11.3 Å². The number of rotatable bonds is 1. The first-order valence-electron chi connectivity index (χ1n) is 4.43. The van der Waals surface area contributed by atoms with Crippen LogP contribution in [0.3, 0.4) is 0 Å². The fourth-order valence-corrected chi connectivity index (χ4v) is 1.47. The summed E-state index contributed by atoms with van der Waals surface area (Å²) in [6.07, 6.45) is 1.66. The molecule has 0 saturated carbocycles. The smallest absolute Gasteiger partial charge is 0.132 e. The maximum Gasteiger partial charge on any atom is 0.132 e. The molecule has 1 aromatic carbocycles. The van der Waals surface area contributed by atoms with Gasteiger partial charge in [0.05, 0.1) is 5.69 Å². The number of benzene rings is 1. The van der Waals surface area contributed by atoms with Crippen LogP contribution in [-0.2, 0) is 7.05 Å². The van der Waals surface area contributed by atoms with E-state index in [-0.39, 0.29) is 5.82 Å². The minimum Gasteiger partial charge on any atom is -0.268 e. The molecule has 0 N–H and O–H groups in total. The summed E-state index contributed by atoms with van der Waals surface area (Å²) >= 11 is 0. The van der Waals surface area contributed by atoms with Crippen molar-refractivity contribution in [2.24, 2.45) is 7.05 Å². The summed E-state index contributed by atoms with van der Waals surface area (Å²) in [5.41, 5.74) is 2.44. The lowest BCUT2D eigenvalue weighted by Gasteiger charge is -2.04. The molecule has 3 heteroatoms. The Bertz CT molecular complexity index is 460. The van der Waals surface area contributed by atoms with Crippen molar-refractivity contribution in [1.29, 1.82) is 0 Å². The summed E-state index contributed by atoms with van der Waals surface area (Å²) in [6, 6.07) is 6.87. The molecule has 0 aliphatic rings. The van der Waals surface area contributed by atoms with E-state index in [1.54, 1.807) is 30.1 Å². The zero-order chi connectivity index (χ0) is 10.1. The van der Waals surface area contributed by atoms with Crippen LogP contribution < -0.4 is 0 Å². The summed E-state index contributed by atoms with van der Waals surface area (Å²) in [5.74, 6) is -0.209. The lowest BCUT2D eigenvalue weighted by atomic mass is 10.1. The van der Waals surface area contributed by atoms with Crippen LogP contribution in [0.5, 0.6) is 0 Å². The van der Waals surface area contributed by atoms with Crippen molar-refractivity contribution in [3.63, 3.8) is 0 Å². The highest BCUT2D eigenvalue weighted by atomic mass is 19.1. The highest BCUT2D eigenvalue weighted by Gasteiger charge is 2.07. The lowest BCUT2D eigenvalue weighted by molar-refractivity contribution is 0.627.